The summed E-state index contributed by atoms with van der Waals surface area (Å²) >= 11 is 5.78. The van der Waals surface area contributed by atoms with E-state index < -0.39 is 95.6 Å². The van der Waals surface area contributed by atoms with Crippen LogP contribution in [0.2, 0.25) is 5.28 Å². The van der Waals surface area contributed by atoms with Crippen LogP contribution in [0.25, 0.3) is 21.5 Å². The molecule has 243 valence electrons. The molecule has 0 fully saturated rings. The molecular weight excluding hydrogens is 745 g/mol. The van der Waals surface area contributed by atoms with Crippen molar-refractivity contribution in [1.82, 2.24) is 15.0 Å². The summed E-state index contributed by atoms with van der Waals surface area (Å²) in [4.78, 5) is 8.28. The quantitative estimate of drug-likeness (QED) is 0.0904. The number of rotatable bonds is 7. The summed E-state index contributed by atoms with van der Waals surface area (Å²) in [6, 6.07) is 7.92. The van der Waals surface area contributed by atoms with E-state index in [1.807, 2.05) is 0 Å². The third-order valence-electron chi connectivity index (χ3n) is 6.02. The number of halogens is 1. The maximum atomic E-state index is 13.8. The predicted octanol–water partition coefficient (Wildman–Crippen LogP) is 2.46. The third kappa shape index (κ3) is 6.79. The molecule has 1 heterocycles. The molecule has 0 aliphatic carbocycles. The van der Waals surface area contributed by atoms with E-state index in [1.165, 1.54) is 24.3 Å². The van der Waals surface area contributed by atoms with Gasteiger partial charge in [0.2, 0.25) is 17.2 Å². The number of benzene rings is 4. The molecule has 0 bridgehead atoms. The molecular formula is C23H14ClCuN7O11S3. The van der Waals surface area contributed by atoms with E-state index in [2.05, 4.69) is 30.5 Å². The van der Waals surface area contributed by atoms with Crippen molar-refractivity contribution in [3.63, 3.8) is 0 Å². The molecule has 5 rings (SSSR count). The van der Waals surface area contributed by atoms with E-state index in [0.717, 1.165) is 12.1 Å². The number of hydrogen-bond acceptors (Lipinski definition) is 15. The zero-order valence-electron chi connectivity index (χ0n) is 21.9. The average molecular weight is 760 g/mol. The minimum absolute atomic E-state index is 0. The summed E-state index contributed by atoms with van der Waals surface area (Å²) in [6.07, 6.45) is 0. The van der Waals surface area contributed by atoms with Gasteiger partial charge in [0, 0.05) is 16.5 Å². The van der Waals surface area contributed by atoms with Gasteiger partial charge >= 0.3 is 17.1 Å². The zero-order valence-corrected chi connectivity index (χ0v) is 26.1. The Morgan fingerprint density at radius 3 is 1.98 bits per heavy atom. The first kappa shape index (κ1) is 34.6. The fraction of sp³-hybridized carbons (Fsp3) is 0. The number of hydrogen-bond donors (Lipinski definition) is 5. The Kier molecular flexibility index (Phi) is 9.16. The fourth-order valence-corrected chi connectivity index (χ4v) is 6.32. The van der Waals surface area contributed by atoms with Crippen LogP contribution >= 0.6 is 11.6 Å². The molecule has 0 saturated carbocycles. The van der Waals surface area contributed by atoms with Crippen LogP contribution in [0.3, 0.4) is 0 Å². The summed E-state index contributed by atoms with van der Waals surface area (Å²) in [5.41, 5.74) is 3.46. The monoisotopic (exact) mass is 758 g/mol. The molecule has 0 atom stereocenters. The maximum absolute atomic E-state index is 13.8. The van der Waals surface area contributed by atoms with Crippen LogP contribution in [0.4, 0.5) is 29.0 Å². The summed E-state index contributed by atoms with van der Waals surface area (Å²) in [5, 5.41) is 34.7. The van der Waals surface area contributed by atoms with Crippen LogP contribution in [0.15, 0.2) is 73.4 Å². The van der Waals surface area contributed by atoms with Crippen LogP contribution in [0.5, 0.6) is 11.5 Å². The number of azo groups is 1. The molecule has 0 aliphatic heterocycles. The van der Waals surface area contributed by atoms with Gasteiger partial charge in [-0.3, -0.25) is 13.7 Å². The largest absolute Gasteiger partial charge is 2.00 e. The van der Waals surface area contributed by atoms with E-state index in [-0.39, 0.29) is 33.8 Å². The second-order valence-electron chi connectivity index (χ2n) is 8.92. The van der Waals surface area contributed by atoms with Crippen molar-refractivity contribution >= 4 is 92.5 Å². The smallest absolute Gasteiger partial charge is 0.871 e. The average Bonchev–Trinajstić information content (AvgIpc) is 2.90. The summed E-state index contributed by atoms with van der Waals surface area (Å²) in [7, 11) is -15.2. The van der Waals surface area contributed by atoms with Crippen molar-refractivity contribution in [3.05, 3.63) is 53.8 Å². The van der Waals surface area contributed by atoms with E-state index >= 15 is 0 Å². The van der Waals surface area contributed by atoms with Crippen molar-refractivity contribution in [2.24, 2.45) is 10.2 Å². The predicted molar refractivity (Wildman–Crippen MR) is 153 cm³/mol. The molecule has 0 spiro atoms. The first-order valence-corrected chi connectivity index (χ1v) is 16.4. The summed E-state index contributed by atoms with van der Waals surface area (Å²) in [5.74, 6) is -3.20. The van der Waals surface area contributed by atoms with Crippen LogP contribution in [0.1, 0.15) is 0 Å². The van der Waals surface area contributed by atoms with E-state index in [9.17, 15) is 49.1 Å². The Labute approximate surface area is 273 Å². The maximum Gasteiger partial charge on any atom is 2.00 e. The minimum Gasteiger partial charge on any atom is -0.871 e. The molecule has 1 aromatic heterocycles. The van der Waals surface area contributed by atoms with E-state index in [4.69, 9.17) is 17.3 Å². The topological polar surface area (TPSA) is 311 Å². The van der Waals surface area contributed by atoms with Gasteiger partial charge in [-0.25, -0.2) is 0 Å². The SMILES string of the molecule is Nc1nc(Cl)nc(Nc2cc(S(=O)(=O)O)cc3cc(S(=O)(=O)O)c(N=Nc4c([O-])cc(S(=O)(=O)O)c5ccccc45)c([O-])c23)n1.[Cu+2]. The molecule has 23 heteroatoms. The number of nitrogen functional groups attached to an aromatic ring is 1. The van der Waals surface area contributed by atoms with Gasteiger partial charge < -0.3 is 21.3 Å². The van der Waals surface area contributed by atoms with Gasteiger partial charge in [0.1, 0.15) is 9.79 Å². The minimum atomic E-state index is -5.31. The molecule has 0 unspecified atom stereocenters. The van der Waals surface area contributed by atoms with Gasteiger partial charge in [-0.15, -0.1) is 5.11 Å². The van der Waals surface area contributed by atoms with E-state index in [0.29, 0.717) is 12.1 Å². The Morgan fingerprint density at radius 2 is 1.39 bits per heavy atom. The summed E-state index contributed by atoms with van der Waals surface area (Å²) in [6.45, 7) is 0. The molecule has 0 amide bonds. The Morgan fingerprint density at radius 1 is 0.783 bits per heavy atom. The van der Waals surface area contributed by atoms with Crippen molar-refractivity contribution in [1.29, 1.82) is 0 Å². The molecule has 0 saturated heterocycles. The van der Waals surface area contributed by atoms with Gasteiger partial charge in [-0.1, -0.05) is 35.8 Å². The molecule has 6 N–H and O–H groups in total. The second-order valence-corrected chi connectivity index (χ2v) is 13.5. The van der Waals surface area contributed by atoms with Crippen molar-refractivity contribution in [3.8, 4) is 11.5 Å². The Hall–Kier alpha value is -4.25. The first-order valence-electron chi connectivity index (χ1n) is 11.7. The normalized spacial score (nSPS) is 12.4. The van der Waals surface area contributed by atoms with Crippen molar-refractivity contribution < 1.29 is 66.2 Å². The molecule has 0 aliphatic rings. The van der Waals surface area contributed by atoms with E-state index in [1.54, 1.807) is 0 Å². The van der Waals surface area contributed by atoms with Crippen LogP contribution < -0.4 is 21.3 Å². The Balaban J connectivity index is 0.00000480. The van der Waals surface area contributed by atoms with Crippen molar-refractivity contribution in [2.45, 2.75) is 14.7 Å². The number of anilines is 3. The van der Waals surface area contributed by atoms with Crippen LogP contribution in [-0.4, -0.2) is 53.9 Å². The number of nitrogens with one attached hydrogen (secondary N) is 1. The van der Waals surface area contributed by atoms with Crippen LogP contribution in [-0.2, 0) is 47.4 Å². The molecule has 4 aromatic carbocycles. The molecule has 5 aromatic rings. The van der Waals surface area contributed by atoms with Crippen molar-refractivity contribution in [2.75, 3.05) is 11.1 Å². The van der Waals surface area contributed by atoms with Gasteiger partial charge in [0.15, 0.2) is 0 Å². The first-order chi connectivity index (χ1) is 20.8. The second kappa shape index (κ2) is 12.2. The molecule has 46 heavy (non-hydrogen) atoms. The van der Waals surface area contributed by atoms with Gasteiger partial charge in [0.05, 0.1) is 16.3 Å². The zero-order chi connectivity index (χ0) is 33.1. The molecule has 18 nitrogen and oxygen atoms in total. The summed E-state index contributed by atoms with van der Waals surface area (Å²) < 4.78 is 102. The number of fused-ring (bicyclic) bond motifs is 2. The number of aromatic nitrogens is 3. The number of nitrogens with zero attached hydrogens (tertiary/aromatic N) is 5. The van der Waals surface area contributed by atoms with Crippen LogP contribution in [0, 0.1) is 0 Å². The third-order valence-corrected chi connectivity index (χ3v) is 8.78. The standard InChI is InChI=1S/C23H16ClN7O11S3.Cu/c24-21-27-22(25)29-23(28-21)26-13-7-10(43(34,35)36)5-9-6-16(45(40,41)42)19(20(33)17(9)13)31-30-18-12-4-2-1-3-11(12)15(8-14(18)32)44(37,38)39;/h1-8,32-33H,(H,34,35,36)(H,37,38,39)(H,40,41,42)(H3,25,26,27,28,29);/q;+2/p-2. The number of nitrogens with two attached hydrogens (primary N) is 1. The molecule has 1 radical (unpaired) electrons. The Bertz CT molecular complexity index is 2430. The fourth-order valence-electron chi connectivity index (χ4n) is 4.24. The van der Waals surface area contributed by atoms with Gasteiger partial charge in [0.25, 0.3) is 30.4 Å². The van der Waals surface area contributed by atoms with Gasteiger partial charge in [-0.05, 0) is 46.6 Å². The van der Waals surface area contributed by atoms with Gasteiger partial charge in [-0.2, -0.15) is 45.3 Å².